The van der Waals surface area contributed by atoms with Crippen molar-refractivity contribution in [2.24, 2.45) is 0 Å². The highest BCUT2D eigenvalue weighted by molar-refractivity contribution is 7.33. The maximum absolute atomic E-state index is 15.3. The van der Waals surface area contributed by atoms with Gasteiger partial charge in [-0.2, -0.15) is 0 Å². The van der Waals surface area contributed by atoms with Gasteiger partial charge in [0.2, 0.25) is 0 Å². The number of furan rings is 2. The third-order valence-corrected chi connectivity index (χ3v) is 12.4. The number of rotatable bonds is 30. The quantitative estimate of drug-likeness (QED) is 0.0265. The molecule has 0 atom stereocenters. The first kappa shape index (κ1) is 48.7. The lowest BCUT2D eigenvalue weighted by Gasteiger charge is -2.14. The lowest BCUT2D eigenvalue weighted by molar-refractivity contribution is 0.220. The van der Waals surface area contributed by atoms with Crippen LogP contribution in [0.1, 0.15) is 97.6 Å². The first-order chi connectivity index (χ1) is 31.4. The van der Waals surface area contributed by atoms with Gasteiger partial charge in [0, 0.05) is 35.3 Å². The molecule has 0 fully saturated rings. The zero-order valence-corrected chi connectivity index (χ0v) is 37.6. The van der Waals surface area contributed by atoms with Crippen LogP contribution in [0.5, 0.6) is 0 Å². The Bertz CT molecular complexity index is 2140. The minimum atomic E-state index is -2.68. The fraction of sp³-hybridized carbons (Fsp3) is 0.385. The van der Waals surface area contributed by atoms with E-state index in [9.17, 15) is 13.3 Å². The number of hydrogen-bond acceptors (Lipinski definition) is 7. The van der Waals surface area contributed by atoms with Gasteiger partial charge in [-0.3, -0.25) is 4.57 Å². The molecule has 0 saturated carbocycles. The van der Waals surface area contributed by atoms with E-state index in [1.54, 1.807) is 49.3 Å². The monoisotopic (exact) mass is 900 g/mol. The first-order valence-electron chi connectivity index (χ1n) is 22.7. The summed E-state index contributed by atoms with van der Waals surface area (Å²) in [5.74, 6) is -0.850. The van der Waals surface area contributed by atoms with Crippen molar-refractivity contribution in [2.45, 2.75) is 103 Å². The van der Waals surface area contributed by atoms with Crippen LogP contribution in [0.2, 0.25) is 0 Å². The second kappa shape index (κ2) is 26.9. The molecule has 0 radical (unpaired) electrons. The predicted molar refractivity (Wildman–Crippen MR) is 246 cm³/mol. The topological polar surface area (TPSA) is 85.9 Å². The van der Waals surface area contributed by atoms with Gasteiger partial charge < -0.3 is 28.5 Å². The lowest BCUT2D eigenvalue weighted by Crippen LogP contribution is -2.17. The molecular formula is C52H61F4N2O5P. The van der Waals surface area contributed by atoms with E-state index in [1.807, 2.05) is 48.5 Å². The summed E-state index contributed by atoms with van der Waals surface area (Å²) < 4.78 is 92.3. The molecule has 64 heavy (non-hydrogen) atoms. The Morgan fingerprint density at radius 2 is 0.859 bits per heavy atom. The molecule has 0 spiro atoms. The van der Waals surface area contributed by atoms with Gasteiger partial charge in [0.1, 0.15) is 23.3 Å². The Labute approximate surface area is 375 Å². The van der Waals surface area contributed by atoms with E-state index >= 15 is 8.78 Å². The van der Waals surface area contributed by atoms with E-state index in [0.29, 0.717) is 63.0 Å². The smallest absolute Gasteiger partial charge is 0.319 e. The molecule has 2 aromatic heterocycles. The summed E-state index contributed by atoms with van der Waals surface area (Å²) in [6.07, 6.45) is 18.1. The van der Waals surface area contributed by atoms with E-state index in [1.165, 1.54) is 12.1 Å². The lowest BCUT2D eigenvalue weighted by atomic mass is 9.94. The summed E-state index contributed by atoms with van der Waals surface area (Å²) in [5.41, 5.74) is 8.15. The van der Waals surface area contributed by atoms with Crippen molar-refractivity contribution < 1.29 is 40.0 Å². The fourth-order valence-electron chi connectivity index (χ4n) is 7.94. The number of unbranched alkanes of at least 4 members (excludes halogenated alkanes) is 6. The maximum Gasteiger partial charge on any atom is 0.319 e. The van der Waals surface area contributed by atoms with Crippen LogP contribution in [-0.4, -0.2) is 26.3 Å². The van der Waals surface area contributed by atoms with E-state index in [0.717, 1.165) is 109 Å². The van der Waals surface area contributed by atoms with Crippen LogP contribution in [-0.2, 0) is 52.4 Å². The molecule has 2 heterocycles. The minimum absolute atomic E-state index is 0.155. The van der Waals surface area contributed by atoms with Gasteiger partial charge >= 0.3 is 8.25 Å². The Balaban J connectivity index is 0.834. The molecule has 6 rings (SSSR count). The number of aryl methyl sites for hydroxylation is 4. The van der Waals surface area contributed by atoms with Crippen LogP contribution in [0, 0.1) is 23.3 Å². The highest BCUT2D eigenvalue weighted by atomic mass is 31.1. The molecular weight excluding hydrogens is 840 g/mol. The van der Waals surface area contributed by atoms with Crippen molar-refractivity contribution in [1.82, 2.24) is 10.6 Å². The van der Waals surface area contributed by atoms with Crippen molar-refractivity contribution in [2.75, 3.05) is 26.3 Å². The molecule has 0 bridgehead atoms. The van der Waals surface area contributed by atoms with Gasteiger partial charge in [0.05, 0.1) is 38.3 Å². The van der Waals surface area contributed by atoms with Crippen molar-refractivity contribution in [3.05, 3.63) is 167 Å². The maximum atomic E-state index is 15.3. The molecule has 0 aliphatic rings. The van der Waals surface area contributed by atoms with Gasteiger partial charge in [-0.05, 0) is 159 Å². The SMILES string of the molecule is O=[PH](OCCCNCc1cc(-c2ccoc2)c(CCCCCCc2ccccc2F)cc1F)OCCCNCc1cc(-c2ccoc2)c(CCCCCCc2ccccc2F)cc1F. The van der Waals surface area contributed by atoms with Gasteiger partial charge in [-0.1, -0.05) is 62.1 Å². The Hall–Kier alpha value is -4.77. The molecule has 0 unspecified atom stereocenters. The second-order valence-corrected chi connectivity index (χ2v) is 17.3. The van der Waals surface area contributed by atoms with E-state index in [4.69, 9.17) is 17.9 Å². The van der Waals surface area contributed by atoms with Gasteiger partial charge in [0.15, 0.2) is 0 Å². The van der Waals surface area contributed by atoms with Gasteiger partial charge in [-0.15, -0.1) is 0 Å². The van der Waals surface area contributed by atoms with Crippen molar-refractivity contribution in [3.63, 3.8) is 0 Å². The molecule has 0 aliphatic heterocycles. The van der Waals surface area contributed by atoms with Crippen LogP contribution >= 0.6 is 8.25 Å². The molecule has 0 amide bonds. The Morgan fingerprint density at radius 3 is 1.25 bits per heavy atom. The zero-order chi connectivity index (χ0) is 44.8. The van der Waals surface area contributed by atoms with Crippen molar-refractivity contribution in [1.29, 1.82) is 0 Å². The fourth-order valence-corrected chi connectivity index (χ4v) is 8.65. The summed E-state index contributed by atoms with van der Waals surface area (Å²) in [7, 11) is -2.68. The van der Waals surface area contributed by atoms with E-state index in [2.05, 4.69) is 10.6 Å². The van der Waals surface area contributed by atoms with Crippen LogP contribution in [0.25, 0.3) is 22.3 Å². The summed E-state index contributed by atoms with van der Waals surface area (Å²) in [4.78, 5) is 0. The molecule has 6 aromatic rings. The van der Waals surface area contributed by atoms with E-state index in [-0.39, 0.29) is 36.5 Å². The number of benzene rings is 4. The minimum Gasteiger partial charge on any atom is -0.472 e. The standard InChI is InChI=1S/C52H61F4N2O5P/c53-49-21-11-9-17-39(49)15-5-1-3-7-19-41-33-51(55)45(31-47(41)43-23-29-60-37-43)35-57-25-13-27-62-64(59)63-28-14-26-58-36-46-32-48(44-24-30-61-38-44)42(34-52(46)56)20-8-4-2-6-16-40-18-10-12-22-50(40)54/h9-12,17-18,21-24,29-34,37-38,57-58,64H,1-8,13-16,19-20,25-28,35-36H2. The summed E-state index contributed by atoms with van der Waals surface area (Å²) in [6.45, 7) is 2.18. The van der Waals surface area contributed by atoms with Crippen molar-refractivity contribution in [3.8, 4) is 22.3 Å². The Kier molecular flexibility index (Phi) is 20.4. The summed E-state index contributed by atoms with van der Waals surface area (Å²) in [6, 6.07) is 24.6. The van der Waals surface area contributed by atoms with Crippen LogP contribution < -0.4 is 10.6 Å². The molecule has 7 nitrogen and oxygen atoms in total. The highest BCUT2D eigenvalue weighted by Crippen LogP contribution is 2.31. The number of halogens is 4. The molecule has 2 N–H and O–H groups in total. The molecule has 0 saturated heterocycles. The predicted octanol–water partition coefficient (Wildman–Crippen LogP) is 13.5. The van der Waals surface area contributed by atoms with Crippen LogP contribution in [0.4, 0.5) is 17.6 Å². The summed E-state index contributed by atoms with van der Waals surface area (Å²) >= 11 is 0. The number of hydrogen-bond donors (Lipinski definition) is 2. The molecule has 0 aliphatic carbocycles. The largest absolute Gasteiger partial charge is 0.472 e. The molecule has 342 valence electrons. The normalized spacial score (nSPS) is 11.6. The van der Waals surface area contributed by atoms with Crippen molar-refractivity contribution >= 4 is 8.25 Å². The zero-order valence-electron chi connectivity index (χ0n) is 36.6. The highest BCUT2D eigenvalue weighted by Gasteiger charge is 2.15. The second-order valence-electron chi connectivity index (χ2n) is 16.2. The molecule has 4 aromatic carbocycles. The van der Waals surface area contributed by atoms with Gasteiger partial charge in [0.25, 0.3) is 0 Å². The first-order valence-corrected chi connectivity index (χ1v) is 23.9. The number of nitrogens with one attached hydrogen (secondary N) is 2. The third-order valence-electron chi connectivity index (χ3n) is 11.5. The average molecular weight is 901 g/mol. The average Bonchev–Trinajstić information content (AvgIpc) is 4.04. The molecule has 12 heteroatoms. The van der Waals surface area contributed by atoms with Crippen LogP contribution in [0.3, 0.4) is 0 Å². The third kappa shape index (κ3) is 15.7. The summed E-state index contributed by atoms with van der Waals surface area (Å²) in [5, 5.41) is 6.52. The Morgan fingerprint density at radius 1 is 0.453 bits per heavy atom. The van der Waals surface area contributed by atoms with E-state index < -0.39 is 8.25 Å². The van der Waals surface area contributed by atoms with Crippen LogP contribution in [0.15, 0.2) is 119 Å². The van der Waals surface area contributed by atoms with Gasteiger partial charge in [-0.25, -0.2) is 17.6 Å².